The molecule has 0 amide bonds. The fraction of sp³-hybridized carbons (Fsp3) is 0.556. The van der Waals surface area contributed by atoms with E-state index < -0.39 is 5.54 Å². The molecule has 1 unspecified atom stereocenters. The van der Waals surface area contributed by atoms with Crippen molar-refractivity contribution in [2.45, 2.75) is 31.2 Å². The van der Waals surface area contributed by atoms with Gasteiger partial charge in [-0.2, -0.15) is 0 Å². The van der Waals surface area contributed by atoms with E-state index in [1.54, 1.807) is 0 Å². The summed E-state index contributed by atoms with van der Waals surface area (Å²) in [7, 11) is 5.94. The van der Waals surface area contributed by atoms with Crippen LogP contribution in [-0.2, 0) is 10.3 Å². The molecule has 0 aromatic heterocycles. The zero-order chi connectivity index (χ0) is 17.7. The molecule has 1 aliphatic rings. The molecule has 1 saturated carbocycles. The van der Waals surface area contributed by atoms with E-state index in [9.17, 15) is 4.79 Å². The number of rotatable bonds is 5. The molecule has 1 atom stereocenters. The first-order valence-electron chi connectivity index (χ1n) is 8.34. The summed E-state index contributed by atoms with van der Waals surface area (Å²) in [5.74, 6) is 0.195. The third-order valence-electron chi connectivity index (χ3n) is 4.69. The first-order valence-corrected chi connectivity index (χ1v) is 9.13. The smallest absolute Gasteiger partial charge is 0.169 e. The van der Waals surface area contributed by atoms with Gasteiger partial charge in [0.05, 0.1) is 0 Å². The van der Waals surface area contributed by atoms with E-state index in [-0.39, 0.29) is 5.78 Å². The zero-order valence-corrected chi connectivity index (χ0v) is 16.2. The second-order valence-electron chi connectivity index (χ2n) is 6.56. The Morgan fingerprint density at radius 3 is 2.62 bits per heavy atom. The predicted molar refractivity (Wildman–Crippen MR) is 104 cm³/mol. The van der Waals surface area contributed by atoms with Crippen molar-refractivity contribution in [3.8, 4) is 0 Å². The average Bonchev–Trinajstić information content (AvgIpc) is 2.55. The lowest BCUT2D eigenvalue weighted by atomic mass is 9.74. The molecule has 6 heteroatoms. The predicted octanol–water partition coefficient (Wildman–Crippen LogP) is 3.05. The van der Waals surface area contributed by atoms with Gasteiger partial charge < -0.3 is 15.1 Å². The Labute approximate surface area is 155 Å². The molecule has 1 N–H and O–H groups in total. The Morgan fingerprint density at radius 2 is 2.00 bits per heavy atom. The third-order valence-corrected chi connectivity index (χ3v) is 5.43. The average molecular weight is 368 g/mol. The van der Waals surface area contributed by atoms with Crippen LogP contribution in [0.25, 0.3) is 0 Å². The standard InChI is InChI=1S/C18H26ClN3OS/c1-21(2)13-12-20-17(24)22(3)18(11-7-6-10-16(18)23)14-8-4-5-9-15(14)19/h4-5,8-9H,6-7,10-13H2,1-3H3,(H,20,24). The molecule has 0 aliphatic heterocycles. The monoisotopic (exact) mass is 367 g/mol. The Bertz CT molecular complexity index is 608. The molecule has 1 fully saturated rings. The summed E-state index contributed by atoms with van der Waals surface area (Å²) in [4.78, 5) is 17.0. The number of ketones is 1. The second-order valence-corrected chi connectivity index (χ2v) is 7.36. The number of carbonyl (C=O) groups excluding carboxylic acids is 1. The molecule has 0 radical (unpaired) electrons. The number of nitrogens with zero attached hydrogens (tertiary/aromatic N) is 2. The van der Waals surface area contributed by atoms with Crippen molar-refractivity contribution in [1.82, 2.24) is 15.1 Å². The summed E-state index contributed by atoms with van der Waals surface area (Å²) in [5, 5.41) is 4.48. The van der Waals surface area contributed by atoms with E-state index in [2.05, 4.69) is 10.2 Å². The molecule has 1 aromatic carbocycles. The van der Waals surface area contributed by atoms with Crippen molar-refractivity contribution >= 4 is 34.7 Å². The maximum absolute atomic E-state index is 13.0. The van der Waals surface area contributed by atoms with E-state index >= 15 is 0 Å². The minimum absolute atomic E-state index is 0.195. The number of thiocarbonyl (C=S) groups is 1. The molecule has 0 spiro atoms. The third kappa shape index (κ3) is 3.90. The number of hydrogen-bond acceptors (Lipinski definition) is 3. The SMILES string of the molecule is CN(C)CCNC(=S)N(C)C1(c2ccccc2Cl)CCCCC1=O. The van der Waals surface area contributed by atoms with Gasteiger partial charge in [-0.25, -0.2) is 0 Å². The number of Topliss-reactive ketones (excluding diaryl/α,β-unsaturated/α-hetero) is 1. The van der Waals surface area contributed by atoms with Crippen LogP contribution in [0.4, 0.5) is 0 Å². The number of carbonyl (C=O) groups is 1. The topological polar surface area (TPSA) is 35.6 Å². The van der Waals surface area contributed by atoms with Gasteiger partial charge in [-0.05, 0) is 51.6 Å². The van der Waals surface area contributed by atoms with Crippen molar-refractivity contribution in [2.24, 2.45) is 0 Å². The molecule has 0 heterocycles. The largest absolute Gasteiger partial charge is 0.361 e. The maximum Gasteiger partial charge on any atom is 0.169 e. The van der Waals surface area contributed by atoms with Crippen molar-refractivity contribution in [2.75, 3.05) is 34.2 Å². The van der Waals surface area contributed by atoms with E-state index in [0.717, 1.165) is 37.9 Å². The highest BCUT2D eigenvalue weighted by molar-refractivity contribution is 7.80. The van der Waals surface area contributed by atoms with Crippen LogP contribution in [0.1, 0.15) is 31.2 Å². The second kappa shape index (κ2) is 8.28. The quantitative estimate of drug-likeness (QED) is 0.809. The van der Waals surface area contributed by atoms with Gasteiger partial charge in [0.15, 0.2) is 10.9 Å². The Kier molecular flexibility index (Phi) is 6.61. The lowest BCUT2D eigenvalue weighted by molar-refractivity contribution is -0.131. The van der Waals surface area contributed by atoms with Gasteiger partial charge in [-0.1, -0.05) is 29.8 Å². The Morgan fingerprint density at radius 1 is 1.29 bits per heavy atom. The summed E-state index contributed by atoms with van der Waals surface area (Å²) < 4.78 is 0. The molecular weight excluding hydrogens is 342 g/mol. The van der Waals surface area contributed by atoms with Crippen LogP contribution in [0.5, 0.6) is 0 Å². The molecule has 0 bridgehead atoms. The van der Waals surface area contributed by atoms with Gasteiger partial charge in [0.2, 0.25) is 0 Å². The first kappa shape index (κ1) is 19.2. The van der Waals surface area contributed by atoms with Crippen LogP contribution in [0.15, 0.2) is 24.3 Å². The Balaban J connectivity index is 2.31. The molecule has 24 heavy (non-hydrogen) atoms. The lowest BCUT2D eigenvalue weighted by Gasteiger charge is -2.45. The van der Waals surface area contributed by atoms with Crippen molar-refractivity contribution < 1.29 is 4.79 Å². The number of likely N-dealkylation sites (N-methyl/N-ethyl adjacent to an activating group) is 2. The number of nitrogens with one attached hydrogen (secondary N) is 1. The summed E-state index contributed by atoms with van der Waals surface area (Å²) in [6.45, 7) is 1.62. The lowest BCUT2D eigenvalue weighted by Crippen LogP contribution is -2.57. The molecule has 2 rings (SSSR count). The first-order chi connectivity index (χ1) is 11.4. The molecule has 0 saturated heterocycles. The minimum atomic E-state index is -0.765. The van der Waals surface area contributed by atoms with Crippen LogP contribution in [-0.4, -0.2) is 54.9 Å². The highest BCUT2D eigenvalue weighted by Gasteiger charge is 2.46. The highest BCUT2D eigenvalue weighted by atomic mass is 35.5. The van der Waals surface area contributed by atoms with Crippen LogP contribution in [0.3, 0.4) is 0 Å². The summed E-state index contributed by atoms with van der Waals surface area (Å²) in [6, 6.07) is 7.61. The van der Waals surface area contributed by atoms with Crippen molar-refractivity contribution in [3.63, 3.8) is 0 Å². The van der Waals surface area contributed by atoms with Crippen LogP contribution < -0.4 is 5.32 Å². The fourth-order valence-electron chi connectivity index (χ4n) is 3.31. The number of benzene rings is 1. The summed E-state index contributed by atoms with van der Waals surface area (Å²) in [5.41, 5.74) is 0.0920. The van der Waals surface area contributed by atoms with Gasteiger partial charge in [0.1, 0.15) is 5.54 Å². The molecule has 1 aromatic rings. The van der Waals surface area contributed by atoms with Gasteiger partial charge in [-0.3, -0.25) is 4.79 Å². The maximum atomic E-state index is 13.0. The van der Waals surface area contributed by atoms with Crippen LogP contribution in [0.2, 0.25) is 5.02 Å². The van der Waals surface area contributed by atoms with E-state index in [1.807, 2.05) is 50.3 Å². The summed E-state index contributed by atoms with van der Waals surface area (Å²) in [6.07, 6.45) is 3.22. The van der Waals surface area contributed by atoms with Gasteiger partial charge in [-0.15, -0.1) is 0 Å². The zero-order valence-electron chi connectivity index (χ0n) is 14.6. The van der Waals surface area contributed by atoms with Gasteiger partial charge in [0.25, 0.3) is 0 Å². The van der Waals surface area contributed by atoms with E-state index in [0.29, 0.717) is 16.6 Å². The van der Waals surface area contributed by atoms with Gasteiger partial charge in [0, 0.05) is 37.1 Å². The van der Waals surface area contributed by atoms with Crippen molar-refractivity contribution in [1.29, 1.82) is 0 Å². The normalized spacial score (nSPS) is 21.0. The fourth-order valence-corrected chi connectivity index (χ4v) is 3.86. The van der Waals surface area contributed by atoms with E-state index in [4.69, 9.17) is 23.8 Å². The van der Waals surface area contributed by atoms with Crippen molar-refractivity contribution in [3.05, 3.63) is 34.9 Å². The molecule has 132 valence electrons. The number of halogens is 1. The molecular formula is C18H26ClN3OS. The Hall–Kier alpha value is -1.17. The van der Waals surface area contributed by atoms with Gasteiger partial charge >= 0.3 is 0 Å². The van der Waals surface area contributed by atoms with Crippen LogP contribution in [0, 0.1) is 0 Å². The van der Waals surface area contributed by atoms with Crippen LogP contribution >= 0.6 is 23.8 Å². The molecule has 4 nitrogen and oxygen atoms in total. The highest BCUT2D eigenvalue weighted by Crippen LogP contribution is 2.42. The number of hydrogen-bond donors (Lipinski definition) is 1. The molecule has 1 aliphatic carbocycles. The summed E-state index contributed by atoms with van der Waals surface area (Å²) >= 11 is 12.0. The van der Waals surface area contributed by atoms with E-state index in [1.165, 1.54) is 0 Å². The minimum Gasteiger partial charge on any atom is -0.361 e.